The molecule has 1 fully saturated rings. The molecule has 1 rings (SSSR count). The summed E-state index contributed by atoms with van der Waals surface area (Å²) in [5, 5.41) is 0. The summed E-state index contributed by atoms with van der Waals surface area (Å²) >= 11 is 0. The zero-order chi connectivity index (χ0) is 4.24. The molecule has 0 unspecified atom stereocenters. The second kappa shape index (κ2) is 5.69. The number of hydrogen-bond acceptors (Lipinski definition) is 3. The Kier molecular flexibility index (Phi) is 6.95. The van der Waals surface area contributed by atoms with Crippen LogP contribution in [0.25, 0.3) is 0 Å². The Morgan fingerprint density at radius 2 is 1.00 bits per heavy atom. The zero-order valence-corrected chi connectivity index (χ0v) is 7.14. The molecule has 0 amide bonds. The summed E-state index contributed by atoms with van der Waals surface area (Å²) in [5.74, 6) is 0. The van der Waals surface area contributed by atoms with E-state index in [1.54, 1.807) is 0 Å². The maximum atomic E-state index is 4.34. The van der Waals surface area contributed by atoms with E-state index in [4.69, 9.17) is 0 Å². The molecular formula is B3O3Sr. The van der Waals surface area contributed by atoms with Crippen molar-refractivity contribution in [2.75, 3.05) is 0 Å². The Hall–Kier alpha value is 1.56. The van der Waals surface area contributed by atoms with Gasteiger partial charge in [0, 0.05) is 45.5 Å². The van der Waals surface area contributed by atoms with E-state index in [-0.39, 0.29) is 45.5 Å². The van der Waals surface area contributed by atoms with E-state index in [2.05, 4.69) is 13.7 Å². The molecule has 0 aromatic carbocycles. The molecule has 5 radical (unpaired) electrons. The van der Waals surface area contributed by atoms with Crippen LogP contribution >= 0.6 is 0 Å². The van der Waals surface area contributed by atoms with Gasteiger partial charge in [-0.1, -0.05) is 0 Å². The van der Waals surface area contributed by atoms with Gasteiger partial charge in [0.15, 0.2) is 0 Å². The Balaban J connectivity index is 0.000000360. The first-order valence-corrected chi connectivity index (χ1v) is 1.41. The van der Waals surface area contributed by atoms with Crippen molar-refractivity contribution >= 4 is 68.5 Å². The summed E-state index contributed by atoms with van der Waals surface area (Å²) < 4.78 is 13.0. The minimum atomic E-state index is 0. The zero-order valence-electron chi connectivity index (χ0n) is 3.66. The van der Waals surface area contributed by atoms with Crippen molar-refractivity contribution in [2.24, 2.45) is 0 Å². The van der Waals surface area contributed by atoms with Gasteiger partial charge in [0.05, 0.1) is 0 Å². The summed E-state index contributed by atoms with van der Waals surface area (Å²) in [6.45, 7) is 0. The summed E-state index contributed by atoms with van der Waals surface area (Å²) in [4.78, 5) is 0. The van der Waals surface area contributed by atoms with Gasteiger partial charge in [-0.15, -0.1) is 0 Å². The molecule has 29 valence electrons. The van der Waals surface area contributed by atoms with Gasteiger partial charge in [-0.2, -0.15) is 0 Å². The van der Waals surface area contributed by atoms with Crippen molar-refractivity contribution in [3.63, 3.8) is 0 Å². The quantitative estimate of drug-likeness (QED) is 0.402. The number of hydrogen-bond donors (Lipinski definition) is 0. The van der Waals surface area contributed by atoms with Gasteiger partial charge in [0.1, 0.15) is 0 Å². The van der Waals surface area contributed by atoms with Crippen LogP contribution in [0.1, 0.15) is 0 Å². The average Bonchev–Trinajstić information content (AvgIpc) is 1.72. The molecule has 1 heterocycles. The van der Waals surface area contributed by atoms with E-state index in [1.807, 2.05) is 0 Å². The van der Waals surface area contributed by atoms with Crippen molar-refractivity contribution in [3.8, 4) is 0 Å². The van der Waals surface area contributed by atoms with E-state index < -0.39 is 0 Å². The average molecular weight is 168 g/mol. The third-order valence-corrected chi connectivity index (χ3v) is 0.333. The van der Waals surface area contributed by atoms with E-state index in [9.17, 15) is 0 Å². The smallest absolute Gasteiger partial charge is 0.457 e. The first kappa shape index (κ1) is 8.56. The van der Waals surface area contributed by atoms with Crippen LogP contribution < -0.4 is 0 Å². The maximum absolute atomic E-state index is 4.34. The summed E-state index contributed by atoms with van der Waals surface area (Å²) in [6, 6.07) is 0. The first-order chi connectivity index (χ1) is 3.00. The van der Waals surface area contributed by atoms with Crippen LogP contribution in [0.2, 0.25) is 0 Å². The molecular weight excluding hydrogens is 168 g/mol. The van der Waals surface area contributed by atoms with E-state index in [0.717, 1.165) is 23.1 Å². The molecule has 0 aliphatic carbocycles. The van der Waals surface area contributed by atoms with Gasteiger partial charge in [0.2, 0.25) is 0 Å². The van der Waals surface area contributed by atoms with Crippen LogP contribution in [0, 0.1) is 0 Å². The van der Waals surface area contributed by atoms with Gasteiger partial charge in [0.25, 0.3) is 0 Å². The molecule has 0 bridgehead atoms. The summed E-state index contributed by atoms with van der Waals surface area (Å²) in [6.07, 6.45) is 0. The van der Waals surface area contributed by atoms with Crippen molar-refractivity contribution < 1.29 is 13.7 Å². The molecule has 0 aromatic heterocycles. The molecule has 0 N–H and O–H groups in total. The van der Waals surface area contributed by atoms with Crippen molar-refractivity contribution in [2.45, 2.75) is 0 Å². The molecule has 0 spiro atoms. The first-order valence-electron chi connectivity index (χ1n) is 1.41. The molecule has 1 aliphatic heterocycles. The third-order valence-electron chi connectivity index (χ3n) is 0.333. The summed E-state index contributed by atoms with van der Waals surface area (Å²) in [5.41, 5.74) is 0. The standard InChI is InChI=1S/B3O3.Sr/c1-4-2-6-3-5-1;. The molecule has 0 saturated carbocycles. The van der Waals surface area contributed by atoms with Gasteiger partial charge < -0.3 is 13.7 Å². The fraction of sp³-hybridized carbons (Fsp3) is 0. The largest absolute Gasteiger partial charge is 0.457 e. The maximum Gasteiger partial charge on any atom is 0.457 e. The summed E-state index contributed by atoms with van der Waals surface area (Å²) in [7, 11) is 3.47. The Morgan fingerprint density at radius 3 is 1.14 bits per heavy atom. The van der Waals surface area contributed by atoms with Gasteiger partial charge in [-0.25, -0.2) is 0 Å². The van der Waals surface area contributed by atoms with E-state index >= 15 is 0 Å². The van der Waals surface area contributed by atoms with Gasteiger partial charge in [-0.3, -0.25) is 0 Å². The predicted molar refractivity (Wildman–Crippen MR) is 26.3 cm³/mol. The second-order valence-electron chi connectivity index (χ2n) is 0.697. The second-order valence-corrected chi connectivity index (χ2v) is 0.697. The van der Waals surface area contributed by atoms with Crippen LogP contribution in [0.15, 0.2) is 0 Å². The molecule has 7 heavy (non-hydrogen) atoms. The van der Waals surface area contributed by atoms with E-state index in [1.165, 1.54) is 0 Å². The Morgan fingerprint density at radius 1 is 0.714 bits per heavy atom. The monoisotopic (exact) mass is 169 g/mol. The SMILES string of the molecule is [B]1O[B]O[B]O1.[Sr]. The van der Waals surface area contributed by atoms with Crippen LogP contribution in [0.3, 0.4) is 0 Å². The fourth-order valence-corrected chi connectivity index (χ4v) is 0.164. The van der Waals surface area contributed by atoms with Crippen molar-refractivity contribution in [1.82, 2.24) is 0 Å². The third kappa shape index (κ3) is 4.08. The van der Waals surface area contributed by atoms with Crippen LogP contribution in [-0.4, -0.2) is 68.5 Å². The van der Waals surface area contributed by atoms with E-state index in [0.29, 0.717) is 0 Å². The van der Waals surface area contributed by atoms with Crippen molar-refractivity contribution in [1.29, 1.82) is 0 Å². The van der Waals surface area contributed by atoms with Gasteiger partial charge >= 0.3 is 23.1 Å². The van der Waals surface area contributed by atoms with Crippen LogP contribution in [0.4, 0.5) is 0 Å². The molecule has 7 heteroatoms. The fourth-order valence-electron chi connectivity index (χ4n) is 0.164. The normalized spacial score (nSPS) is 17.1. The van der Waals surface area contributed by atoms with Crippen LogP contribution in [-0.2, 0) is 13.7 Å². The predicted octanol–water partition coefficient (Wildman–Crippen LogP) is -1.73. The Bertz CT molecular complexity index is 25.7. The van der Waals surface area contributed by atoms with Crippen LogP contribution in [0.5, 0.6) is 0 Å². The number of rotatable bonds is 0. The van der Waals surface area contributed by atoms with Gasteiger partial charge in [-0.05, 0) is 0 Å². The Labute approximate surface area is 81.3 Å². The molecule has 1 saturated heterocycles. The molecule has 3 nitrogen and oxygen atoms in total. The molecule has 1 aliphatic rings. The molecule has 0 aromatic rings. The topological polar surface area (TPSA) is 27.7 Å². The minimum Gasteiger partial charge on any atom is -0.457 e. The minimum absolute atomic E-state index is 0. The molecule has 0 atom stereocenters. The van der Waals surface area contributed by atoms with Crippen molar-refractivity contribution in [3.05, 3.63) is 0 Å².